The van der Waals surface area contributed by atoms with E-state index in [0.29, 0.717) is 39.5 Å². The lowest BCUT2D eigenvalue weighted by atomic mass is 10.1. The molecule has 1 atom stereocenters. The molecule has 1 amide bonds. The van der Waals surface area contributed by atoms with Crippen LogP contribution in [0.15, 0.2) is 42.5 Å². The quantitative estimate of drug-likeness (QED) is 0.486. The fraction of sp³-hybridized carbons (Fsp3) is 0.318. The van der Waals surface area contributed by atoms with E-state index in [1.807, 2.05) is 12.1 Å². The molecule has 1 aliphatic rings. The molecule has 1 fully saturated rings. The molecule has 168 valence electrons. The Morgan fingerprint density at radius 2 is 2.03 bits per heavy atom. The molecular formula is C22H21ClN2O5S2. The van der Waals surface area contributed by atoms with Crippen molar-refractivity contribution in [2.45, 2.75) is 19.4 Å². The number of rotatable bonds is 6. The van der Waals surface area contributed by atoms with E-state index in [1.165, 1.54) is 16.2 Å². The van der Waals surface area contributed by atoms with Gasteiger partial charge in [0.2, 0.25) is 0 Å². The number of amides is 1. The van der Waals surface area contributed by atoms with Gasteiger partial charge >= 0.3 is 5.97 Å². The molecule has 1 aromatic carbocycles. The van der Waals surface area contributed by atoms with Crippen LogP contribution in [0.4, 0.5) is 0 Å². The Bertz CT molecular complexity index is 1290. The zero-order chi connectivity index (χ0) is 22.9. The van der Waals surface area contributed by atoms with Crippen LogP contribution in [-0.2, 0) is 19.4 Å². The van der Waals surface area contributed by atoms with Gasteiger partial charge in [-0.2, -0.15) is 0 Å². The van der Waals surface area contributed by atoms with Gasteiger partial charge in [0.25, 0.3) is 5.91 Å². The number of sulfone groups is 1. The second-order valence-electron chi connectivity index (χ2n) is 7.49. The Morgan fingerprint density at radius 1 is 1.25 bits per heavy atom. The molecule has 0 unspecified atom stereocenters. The van der Waals surface area contributed by atoms with E-state index in [2.05, 4.69) is 4.98 Å². The highest BCUT2D eigenvalue weighted by Crippen LogP contribution is 2.32. The first kappa shape index (κ1) is 22.7. The Labute approximate surface area is 194 Å². The van der Waals surface area contributed by atoms with Crippen molar-refractivity contribution in [2.24, 2.45) is 0 Å². The maximum absolute atomic E-state index is 12.9. The highest BCUT2D eigenvalue weighted by Gasteiger charge is 2.34. The van der Waals surface area contributed by atoms with Crippen LogP contribution in [0.3, 0.4) is 0 Å². The van der Waals surface area contributed by atoms with Crippen LogP contribution in [0, 0.1) is 0 Å². The van der Waals surface area contributed by atoms with Crippen molar-refractivity contribution in [1.29, 1.82) is 0 Å². The van der Waals surface area contributed by atoms with Gasteiger partial charge in [-0.15, -0.1) is 11.3 Å². The highest BCUT2D eigenvalue weighted by atomic mass is 35.5. The molecule has 7 nitrogen and oxygen atoms in total. The summed E-state index contributed by atoms with van der Waals surface area (Å²) >= 11 is 7.40. The largest absolute Gasteiger partial charge is 0.452 e. The van der Waals surface area contributed by atoms with Gasteiger partial charge in [0.15, 0.2) is 16.4 Å². The van der Waals surface area contributed by atoms with Crippen LogP contribution in [0.5, 0.6) is 0 Å². The number of thiophene rings is 1. The molecule has 0 aliphatic carbocycles. The minimum absolute atomic E-state index is 0.0533. The van der Waals surface area contributed by atoms with Gasteiger partial charge in [-0.25, -0.2) is 18.2 Å². The third kappa shape index (κ3) is 4.79. The molecule has 0 saturated carbocycles. The molecule has 0 bridgehead atoms. The van der Waals surface area contributed by atoms with E-state index in [4.69, 9.17) is 16.3 Å². The molecule has 0 spiro atoms. The summed E-state index contributed by atoms with van der Waals surface area (Å²) in [6, 6.07) is 12.0. The summed E-state index contributed by atoms with van der Waals surface area (Å²) in [5.41, 5.74) is 1.51. The van der Waals surface area contributed by atoms with Crippen molar-refractivity contribution < 1.29 is 22.7 Å². The topological polar surface area (TPSA) is 93.6 Å². The predicted molar refractivity (Wildman–Crippen MR) is 125 cm³/mol. The van der Waals surface area contributed by atoms with Crippen molar-refractivity contribution in [3.05, 3.63) is 52.4 Å². The number of halogens is 1. The molecule has 3 heterocycles. The number of ether oxygens (including phenoxy) is 1. The van der Waals surface area contributed by atoms with Gasteiger partial charge in [-0.05, 0) is 37.6 Å². The fourth-order valence-electron chi connectivity index (χ4n) is 3.87. The Balaban J connectivity index is 1.55. The molecule has 32 heavy (non-hydrogen) atoms. The van der Waals surface area contributed by atoms with E-state index >= 15 is 0 Å². The average Bonchev–Trinajstić information content (AvgIpc) is 3.36. The maximum atomic E-state index is 12.9. The van der Waals surface area contributed by atoms with Crippen LogP contribution in [0.2, 0.25) is 4.34 Å². The highest BCUT2D eigenvalue weighted by molar-refractivity contribution is 7.91. The molecule has 0 N–H and O–H groups in total. The van der Waals surface area contributed by atoms with Crippen molar-refractivity contribution >= 4 is 55.6 Å². The van der Waals surface area contributed by atoms with E-state index in [9.17, 15) is 18.0 Å². The number of carbonyl (C=O) groups excluding carboxylic acids is 2. The van der Waals surface area contributed by atoms with E-state index < -0.39 is 28.3 Å². The van der Waals surface area contributed by atoms with Gasteiger partial charge in [-0.3, -0.25) is 4.79 Å². The Kier molecular flexibility index (Phi) is 6.50. The molecule has 3 aromatic rings. The third-order valence-electron chi connectivity index (χ3n) is 5.40. The summed E-state index contributed by atoms with van der Waals surface area (Å²) in [5.74, 6) is -1.04. The van der Waals surface area contributed by atoms with Crippen LogP contribution in [-0.4, -0.2) is 60.9 Å². The number of nitrogens with zero attached hydrogens (tertiary/aromatic N) is 2. The van der Waals surface area contributed by atoms with E-state index in [0.717, 1.165) is 4.88 Å². The van der Waals surface area contributed by atoms with Crippen LogP contribution in [0.25, 0.3) is 21.5 Å². The zero-order valence-electron chi connectivity index (χ0n) is 17.3. The van der Waals surface area contributed by atoms with Crippen molar-refractivity contribution in [2.75, 3.05) is 24.7 Å². The molecule has 4 rings (SSSR count). The van der Waals surface area contributed by atoms with Gasteiger partial charge in [0.1, 0.15) is 0 Å². The smallest absolute Gasteiger partial charge is 0.339 e. The predicted octanol–water partition coefficient (Wildman–Crippen LogP) is 3.81. The lowest BCUT2D eigenvalue weighted by Crippen LogP contribution is -2.43. The molecule has 2 aromatic heterocycles. The molecule has 0 radical (unpaired) electrons. The number of aromatic nitrogens is 1. The second-order valence-corrected chi connectivity index (χ2v) is 11.4. The van der Waals surface area contributed by atoms with Gasteiger partial charge in [0, 0.05) is 18.0 Å². The number of fused-ring (bicyclic) bond motifs is 1. The second kappa shape index (κ2) is 9.17. The molecule has 1 saturated heterocycles. The number of carbonyl (C=O) groups is 2. The summed E-state index contributed by atoms with van der Waals surface area (Å²) < 4.78 is 29.5. The lowest BCUT2D eigenvalue weighted by molar-refractivity contribution is -0.136. The minimum Gasteiger partial charge on any atom is -0.452 e. The first-order chi connectivity index (χ1) is 15.3. The SMILES string of the molecule is CCN(C(=O)COC(=O)c1cc(-c2ccc(Cl)s2)nc2ccccc12)[C@@H]1CCS(=O)(=O)C1. The number of para-hydroxylation sites is 1. The number of esters is 1. The van der Waals surface area contributed by atoms with E-state index in [1.54, 1.807) is 37.3 Å². The van der Waals surface area contributed by atoms with Crippen LogP contribution in [0.1, 0.15) is 23.7 Å². The summed E-state index contributed by atoms with van der Waals surface area (Å²) in [5, 5.41) is 0.616. The number of likely N-dealkylation sites (N-methyl/N-ethyl adjacent to an activating group) is 1. The van der Waals surface area contributed by atoms with Gasteiger partial charge in [-0.1, -0.05) is 29.8 Å². The Morgan fingerprint density at radius 3 is 2.69 bits per heavy atom. The van der Waals surface area contributed by atoms with Crippen molar-refractivity contribution in [1.82, 2.24) is 9.88 Å². The summed E-state index contributed by atoms with van der Waals surface area (Å²) in [6.45, 7) is 1.66. The first-order valence-electron chi connectivity index (χ1n) is 10.1. The maximum Gasteiger partial charge on any atom is 0.339 e. The standard InChI is InChI=1S/C22H21ClN2O5S2/c1-2-25(14-9-10-32(28,29)13-14)21(26)12-30-22(27)16-11-18(19-7-8-20(23)31-19)24-17-6-4-3-5-15(16)17/h3-8,11,14H,2,9-10,12-13H2,1H3/t14-/m1/s1. The van der Waals surface area contributed by atoms with Gasteiger partial charge in [0.05, 0.1) is 37.5 Å². The average molecular weight is 493 g/mol. The van der Waals surface area contributed by atoms with Crippen LogP contribution < -0.4 is 0 Å². The Hall–Kier alpha value is -2.49. The van der Waals surface area contributed by atoms with Crippen LogP contribution >= 0.6 is 22.9 Å². The monoisotopic (exact) mass is 492 g/mol. The number of hydrogen-bond donors (Lipinski definition) is 0. The van der Waals surface area contributed by atoms with E-state index in [-0.39, 0.29) is 17.5 Å². The van der Waals surface area contributed by atoms with Gasteiger partial charge < -0.3 is 9.64 Å². The minimum atomic E-state index is -3.13. The van der Waals surface area contributed by atoms with Crippen molar-refractivity contribution in [3.63, 3.8) is 0 Å². The summed E-state index contributed by atoms with van der Waals surface area (Å²) in [4.78, 5) is 32.5. The number of hydrogen-bond acceptors (Lipinski definition) is 7. The fourth-order valence-corrected chi connectivity index (χ4v) is 6.60. The number of pyridine rings is 1. The normalized spacial score (nSPS) is 17.4. The lowest BCUT2D eigenvalue weighted by Gasteiger charge is -2.26. The first-order valence-corrected chi connectivity index (χ1v) is 13.1. The molecular weight excluding hydrogens is 472 g/mol. The summed E-state index contributed by atoms with van der Waals surface area (Å²) in [7, 11) is -3.13. The molecule has 10 heteroatoms. The number of benzene rings is 1. The third-order valence-corrected chi connectivity index (χ3v) is 8.40. The summed E-state index contributed by atoms with van der Waals surface area (Å²) in [6.07, 6.45) is 0.400. The van der Waals surface area contributed by atoms with Crippen molar-refractivity contribution in [3.8, 4) is 10.6 Å². The zero-order valence-corrected chi connectivity index (χ0v) is 19.7. The molecule has 1 aliphatic heterocycles.